The Morgan fingerprint density at radius 3 is 2.43 bits per heavy atom. The molecule has 0 atom stereocenters. The minimum atomic E-state index is -0.962. The molecular weight excluding hydrogens is 358 g/mol. The quantitative estimate of drug-likeness (QED) is 0.731. The molecule has 0 unspecified atom stereocenters. The van der Waals surface area contributed by atoms with E-state index in [4.69, 9.17) is 5.11 Å². The van der Waals surface area contributed by atoms with Gasteiger partial charge >= 0.3 is 12.0 Å². The van der Waals surface area contributed by atoms with Crippen LogP contribution in [0.25, 0.3) is 0 Å². The molecule has 0 spiro atoms. The molecule has 8 nitrogen and oxygen atoms in total. The number of aryl methyl sites for hydroxylation is 2. The minimum Gasteiger partial charge on any atom is -0.478 e. The molecular formula is C20H25N5O3. The third-order valence-electron chi connectivity index (χ3n) is 4.76. The number of piperidine rings is 1. The van der Waals surface area contributed by atoms with Crippen molar-refractivity contribution in [1.29, 1.82) is 0 Å². The van der Waals surface area contributed by atoms with E-state index in [1.54, 1.807) is 12.1 Å². The summed E-state index contributed by atoms with van der Waals surface area (Å²) in [5.74, 6) is 0.750. The van der Waals surface area contributed by atoms with Crippen LogP contribution in [0.5, 0.6) is 0 Å². The lowest BCUT2D eigenvalue weighted by Crippen LogP contribution is -2.48. The Morgan fingerprint density at radius 2 is 1.82 bits per heavy atom. The number of carboxylic acid groups (broad SMARTS) is 1. The summed E-state index contributed by atoms with van der Waals surface area (Å²) >= 11 is 0. The minimum absolute atomic E-state index is 0.120. The summed E-state index contributed by atoms with van der Waals surface area (Å²) in [5.41, 5.74) is 2.04. The number of nitrogens with zero attached hydrogens (tertiary/aromatic N) is 3. The number of hydrogen-bond donors (Lipinski definition) is 3. The van der Waals surface area contributed by atoms with Crippen molar-refractivity contribution in [1.82, 2.24) is 20.6 Å². The molecule has 3 N–H and O–H groups in total. The van der Waals surface area contributed by atoms with E-state index in [1.165, 1.54) is 12.1 Å². The van der Waals surface area contributed by atoms with Crippen LogP contribution >= 0.6 is 0 Å². The second-order valence-corrected chi connectivity index (χ2v) is 7.01. The van der Waals surface area contributed by atoms with Crippen LogP contribution in [0.1, 0.15) is 40.3 Å². The summed E-state index contributed by atoms with van der Waals surface area (Å²) in [4.78, 5) is 34.0. The van der Waals surface area contributed by atoms with Crippen molar-refractivity contribution < 1.29 is 14.7 Å². The highest BCUT2D eigenvalue weighted by atomic mass is 16.4. The fraction of sp³-hybridized carbons (Fsp3) is 0.400. The third kappa shape index (κ3) is 5.18. The Morgan fingerprint density at radius 1 is 1.14 bits per heavy atom. The summed E-state index contributed by atoms with van der Waals surface area (Å²) in [6.45, 7) is 5.87. The molecule has 0 saturated carbocycles. The lowest BCUT2D eigenvalue weighted by Gasteiger charge is -2.33. The number of carbonyl (C=O) groups excluding carboxylic acids is 1. The Bertz CT molecular complexity index is 825. The van der Waals surface area contributed by atoms with E-state index in [1.807, 2.05) is 19.9 Å². The molecule has 3 rings (SSSR count). The van der Waals surface area contributed by atoms with Crippen molar-refractivity contribution in [3.8, 4) is 0 Å². The van der Waals surface area contributed by atoms with Crippen molar-refractivity contribution in [3.05, 3.63) is 53.0 Å². The Hall–Kier alpha value is -3.16. The standard InChI is InChI=1S/C20H25N5O3/c1-13-11-18(23-14(2)22-13)25-9-7-17(8-10-25)24-20(28)21-12-15-3-5-16(6-4-15)19(26)27/h3-6,11,17H,7-10,12H2,1-2H3,(H,26,27)(H2,21,24,28). The first-order chi connectivity index (χ1) is 13.4. The van der Waals surface area contributed by atoms with Gasteiger partial charge in [-0.25, -0.2) is 19.6 Å². The lowest BCUT2D eigenvalue weighted by molar-refractivity contribution is 0.0697. The molecule has 2 aromatic rings. The number of benzene rings is 1. The SMILES string of the molecule is Cc1cc(N2CCC(NC(=O)NCc3ccc(C(=O)O)cc3)CC2)nc(C)n1. The van der Waals surface area contributed by atoms with Gasteiger partial charge in [-0.3, -0.25) is 0 Å². The predicted molar refractivity (Wildman–Crippen MR) is 106 cm³/mol. The fourth-order valence-corrected chi connectivity index (χ4v) is 3.30. The van der Waals surface area contributed by atoms with Crippen molar-refractivity contribution in [2.45, 2.75) is 39.3 Å². The second kappa shape index (κ2) is 8.69. The smallest absolute Gasteiger partial charge is 0.335 e. The van der Waals surface area contributed by atoms with Gasteiger partial charge in [-0.05, 0) is 44.4 Å². The molecule has 148 valence electrons. The van der Waals surface area contributed by atoms with Crippen LogP contribution < -0.4 is 15.5 Å². The number of carbonyl (C=O) groups is 2. The molecule has 1 aromatic heterocycles. The van der Waals surface area contributed by atoms with E-state index >= 15 is 0 Å². The Balaban J connectivity index is 1.44. The monoisotopic (exact) mass is 383 g/mol. The van der Waals surface area contributed by atoms with Crippen LogP contribution in [0, 0.1) is 13.8 Å². The number of nitrogens with one attached hydrogen (secondary N) is 2. The number of hydrogen-bond acceptors (Lipinski definition) is 5. The Labute approximate surface area is 164 Å². The maximum Gasteiger partial charge on any atom is 0.335 e. The first-order valence-corrected chi connectivity index (χ1v) is 9.34. The van der Waals surface area contributed by atoms with Crippen molar-refractivity contribution in [3.63, 3.8) is 0 Å². The number of rotatable bonds is 5. The third-order valence-corrected chi connectivity index (χ3v) is 4.76. The van der Waals surface area contributed by atoms with Gasteiger partial charge < -0.3 is 20.6 Å². The fourth-order valence-electron chi connectivity index (χ4n) is 3.30. The second-order valence-electron chi connectivity index (χ2n) is 7.01. The summed E-state index contributed by atoms with van der Waals surface area (Å²) in [7, 11) is 0. The van der Waals surface area contributed by atoms with Crippen LogP contribution in [-0.2, 0) is 6.54 Å². The molecule has 0 bridgehead atoms. The normalized spacial score (nSPS) is 14.6. The summed E-state index contributed by atoms with van der Waals surface area (Å²) in [6.07, 6.45) is 1.70. The number of carboxylic acids is 1. The molecule has 8 heteroatoms. The molecule has 1 aromatic carbocycles. The van der Waals surface area contributed by atoms with Crippen LogP contribution in [0.3, 0.4) is 0 Å². The topological polar surface area (TPSA) is 107 Å². The van der Waals surface area contributed by atoms with E-state index < -0.39 is 5.97 Å². The molecule has 1 saturated heterocycles. The predicted octanol–water partition coefficient (Wildman–Crippen LogP) is 2.26. The zero-order valence-corrected chi connectivity index (χ0v) is 16.1. The van der Waals surface area contributed by atoms with Crippen molar-refractivity contribution >= 4 is 17.8 Å². The van der Waals surface area contributed by atoms with Gasteiger partial charge in [0.15, 0.2) is 0 Å². The zero-order valence-electron chi connectivity index (χ0n) is 16.1. The van der Waals surface area contributed by atoms with E-state index in [9.17, 15) is 9.59 Å². The zero-order chi connectivity index (χ0) is 20.1. The van der Waals surface area contributed by atoms with Crippen LogP contribution in [0.2, 0.25) is 0 Å². The highest BCUT2D eigenvalue weighted by molar-refractivity contribution is 5.87. The maximum atomic E-state index is 12.2. The van der Waals surface area contributed by atoms with Crippen molar-refractivity contribution in [2.24, 2.45) is 0 Å². The van der Waals surface area contributed by atoms with Gasteiger partial charge in [0.2, 0.25) is 0 Å². The van der Waals surface area contributed by atoms with E-state index in [-0.39, 0.29) is 17.6 Å². The van der Waals surface area contributed by atoms with Gasteiger partial charge in [-0.1, -0.05) is 12.1 Å². The number of aromatic carboxylic acids is 1. The number of urea groups is 1. The number of anilines is 1. The first-order valence-electron chi connectivity index (χ1n) is 9.34. The average Bonchev–Trinajstić information content (AvgIpc) is 2.66. The van der Waals surface area contributed by atoms with Crippen molar-refractivity contribution in [2.75, 3.05) is 18.0 Å². The summed E-state index contributed by atoms with van der Waals surface area (Å²) in [5, 5.41) is 14.7. The van der Waals surface area contributed by atoms with Crippen LogP contribution in [0.4, 0.5) is 10.6 Å². The molecule has 1 fully saturated rings. The highest BCUT2D eigenvalue weighted by Crippen LogP contribution is 2.18. The molecule has 2 heterocycles. The largest absolute Gasteiger partial charge is 0.478 e. The molecule has 0 aliphatic carbocycles. The van der Waals surface area contributed by atoms with E-state index in [0.29, 0.717) is 6.54 Å². The van der Waals surface area contributed by atoms with Gasteiger partial charge in [0, 0.05) is 37.4 Å². The molecule has 0 radical (unpaired) electrons. The number of amides is 2. The van der Waals surface area contributed by atoms with Gasteiger partial charge in [-0.15, -0.1) is 0 Å². The van der Waals surface area contributed by atoms with E-state index in [0.717, 1.165) is 48.8 Å². The van der Waals surface area contributed by atoms with Crippen LogP contribution in [-0.4, -0.2) is 46.2 Å². The molecule has 28 heavy (non-hydrogen) atoms. The van der Waals surface area contributed by atoms with Crippen LogP contribution in [0.15, 0.2) is 30.3 Å². The van der Waals surface area contributed by atoms with Gasteiger partial charge in [0.25, 0.3) is 0 Å². The summed E-state index contributed by atoms with van der Waals surface area (Å²) in [6, 6.07) is 8.36. The molecule has 2 amide bonds. The van der Waals surface area contributed by atoms with E-state index in [2.05, 4.69) is 25.5 Å². The lowest BCUT2D eigenvalue weighted by atomic mass is 10.1. The first kappa shape index (κ1) is 19.6. The van der Waals surface area contributed by atoms with Gasteiger partial charge in [-0.2, -0.15) is 0 Å². The maximum absolute atomic E-state index is 12.2. The number of aromatic nitrogens is 2. The highest BCUT2D eigenvalue weighted by Gasteiger charge is 2.22. The summed E-state index contributed by atoms with van der Waals surface area (Å²) < 4.78 is 0. The van der Waals surface area contributed by atoms with Gasteiger partial charge in [0.05, 0.1) is 5.56 Å². The molecule has 1 aliphatic rings. The van der Waals surface area contributed by atoms with Gasteiger partial charge in [0.1, 0.15) is 11.6 Å². The average molecular weight is 383 g/mol. The Kier molecular flexibility index (Phi) is 6.08. The molecule has 1 aliphatic heterocycles.